The lowest BCUT2D eigenvalue weighted by Crippen LogP contribution is -2.44. The fourth-order valence-corrected chi connectivity index (χ4v) is 6.99. The van der Waals surface area contributed by atoms with Crippen LogP contribution < -0.4 is 0 Å². The zero-order valence-corrected chi connectivity index (χ0v) is 30.6. The van der Waals surface area contributed by atoms with Crippen LogP contribution in [0.4, 0.5) is 0 Å². The molecule has 2 unspecified atom stereocenters. The van der Waals surface area contributed by atoms with E-state index >= 15 is 0 Å². The molecule has 2 atom stereocenters. The maximum Gasteiger partial charge on any atom is 0.171 e. The van der Waals surface area contributed by atoms with Crippen molar-refractivity contribution in [1.82, 2.24) is 4.90 Å². The highest BCUT2D eigenvalue weighted by Crippen LogP contribution is 2.40. The molecule has 262 valence electrons. The molecule has 2 aliphatic heterocycles. The van der Waals surface area contributed by atoms with Gasteiger partial charge in [-0.3, -0.25) is 0 Å². The number of rotatable bonds is 29. The molecule has 0 aromatic rings. The summed E-state index contributed by atoms with van der Waals surface area (Å²) < 4.78 is 13.6. The fraction of sp³-hybridized carbons (Fsp3) is 0.857. The van der Waals surface area contributed by atoms with Crippen molar-refractivity contribution in [2.45, 2.75) is 212 Å². The second kappa shape index (κ2) is 28.1. The molecule has 0 radical (unpaired) electrons. The molecule has 45 heavy (non-hydrogen) atoms. The van der Waals surface area contributed by atoms with Crippen LogP contribution in [0.5, 0.6) is 0 Å². The molecular formula is C42H77NO2. The van der Waals surface area contributed by atoms with Crippen molar-refractivity contribution in [1.29, 1.82) is 0 Å². The molecule has 0 aliphatic carbocycles. The molecule has 0 amide bonds. The van der Waals surface area contributed by atoms with E-state index in [1.54, 1.807) is 0 Å². The summed E-state index contributed by atoms with van der Waals surface area (Å²) in [5, 5.41) is 0. The summed E-state index contributed by atoms with van der Waals surface area (Å²) in [6.45, 7) is 6.74. The zero-order valence-electron chi connectivity index (χ0n) is 30.6. The third-order valence-electron chi connectivity index (χ3n) is 10.1. The van der Waals surface area contributed by atoms with E-state index in [2.05, 4.69) is 62.3 Å². The number of allylic oxidation sites excluding steroid dienone is 6. The van der Waals surface area contributed by atoms with Crippen molar-refractivity contribution in [3.63, 3.8) is 0 Å². The first-order chi connectivity index (χ1) is 22.2. The Kier molecular flexibility index (Phi) is 25.2. The summed E-state index contributed by atoms with van der Waals surface area (Å²) in [5.74, 6) is -0.288. The Bertz CT molecular complexity index is 735. The molecule has 3 nitrogen and oxygen atoms in total. The Morgan fingerprint density at radius 1 is 0.489 bits per heavy atom. The van der Waals surface area contributed by atoms with Gasteiger partial charge < -0.3 is 14.4 Å². The van der Waals surface area contributed by atoms with Crippen LogP contribution in [0.15, 0.2) is 36.5 Å². The predicted octanol–water partition coefficient (Wildman–Crippen LogP) is 13.0. The van der Waals surface area contributed by atoms with Gasteiger partial charge in [0, 0.05) is 25.9 Å². The van der Waals surface area contributed by atoms with E-state index in [0.717, 1.165) is 32.4 Å². The molecule has 0 aromatic carbocycles. The second-order valence-electron chi connectivity index (χ2n) is 14.4. The summed E-state index contributed by atoms with van der Waals surface area (Å²) >= 11 is 0. The summed E-state index contributed by atoms with van der Waals surface area (Å²) in [5.41, 5.74) is 0. The number of likely N-dealkylation sites (tertiary alicyclic amines) is 1. The van der Waals surface area contributed by atoms with Crippen LogP contribution in [-0.4, -0.2) is 43.0 Å². The van der Waals surface area contributed by atoms with Crippen molar-refractivity contribution in [3.8, 4) is 0 Å². The molecule has 0 bridgehead atoms. The number of hydrogen-bond acceptors (Lipinski definition) is 3. The molecule has 0 N–H and O–H groups in total. The monoisotopic (exact) mass is 628 g/mol. The molecule has 2 heterocycles. The predicted molar refractivity (Wildman–Crippen MR) is 198 cm³/mol. The van der Waals surface area contributed by atoms with E-state index in [1.165, 1.54) is 161 Å². The molecule has 2 saturated heterocycles. The van der Waals surface area contributed by atoms with Crippen LogP contribution in [-0.2, 0) is 9.47 Å². The number of piperidine rings is 1. The van der Waals surface area contributed by atoms with Crippen LogP contribution in [0, 0.1) is 0 Å². The first-order valence-electron chi connectivity index (χ1n) is 20.2. The van der Waals surface area contributed by atoms with E-state index in [4.69, 9.17) is 9.47 Å². The molecule has 2 aliphatic rings. The minimum atomic E-state index is -0.288. The van der Waals surface area contributed by atoms with Crippen molar-refractivity contribution in [2.24, 2.45) is 0 Å². The highest BCUT2D eigenvalue weighted by atomic mass is 16.8. The van der Waals surface area contributed by atoms with Crippen LogP contribution in [0.25, 0.3) is 0 Å². The van der Waals surface area contributed by atoms with E-state index < -0.39 is 0 Å². The van der Waals surface area contributed by atoms with Crippen LogP contribution in [0.1, 0.15) is 194 Å². The summed E-state index contributed by atoms with van der Waals surface area (Å²) in [6, 6.07) is 0. The first-order valence-corrected chi connectivity index (χ1v) is 20.2. The van der Waals surface area contributed by atoms with Crippen molar-refractivity contribution in [2.75, 3.05) is 20.1 Å². The van der Waals surface area contributed by atoms with Gasteiger partial charge in [-0.25, -0.2) is 0 Å². The average molecular weight is 628 g/mol. The van der Waals surface area contributed by atoms with Crippen molar-refractivity contribution in [3.05, 3.63) is 36.5 Å². The Balaban J connectivity index is 1.52. The Morgan fingerprint density at radius 3 is 1.27 bits per heavy atom. The zero-order chi connectivity index (χ0) is 32.1. The lowest BCUT2D eigenvalue weighted by Gasteiger charge is -2.36. The SMILES string of the molecule is CCCCC/C=C\C/C=C\CCCCCCCC1OC2(CCN(C)CC2)OC1CCCCCCCCCC/C=C\CCCCC. The van der Waals surface area contributed by atoms with E-state index in [0.29, 0.717) is 12.2 Å². The van der Waals surface area contributed by atoms with E-state index in [9.17, 15) is 0 Å². The highest BCUT2D eigenvalue weighted by Gasteiger charge is 2.47. The largest absolute Gasteiger partial charge is 0.344 e. The van der Waals surface area contributed by atoms with E-state index in [-0.39, 0.29) is 5.79 Å². The van der Waals surface area contributed by atoms with Gasteiger partial charge in [-0.2, -0.15) is 0 Å². The van der Waals surface area contributed by atoms with Gasteiger partial charge >= 0.3 is 0 Å². The Labute approximate surface area is 282 Å². The van der Waals surface area contributed by atoms with Crippen LogP contribution in [0.3, 0.4) is 0 Å². The molecule has 0 aromatic heterocycles. The molecular weight excluding hydrogens is 550 g/mol. The Hall–Kier alpha value is -0.900. The van der Waals surface area contributed by atoms with Crippen LogP contribution >= 0.6 is 0 Å². The first kappa shape index (κ1) is 40.3. The lowest BCUT2D eigenvalue weighted by molar-refractivity contribution is -0.200. The van der Waals surface area contributed by atoms with Gasteiger partial charge in [0.05, 0.1) is 12.2 Å². The van der Waals surface area contributed by atoms with Gasteiger partial charge in [-0.15, -0.1) is 0 Å². The molecule has 3 heteroatoms. The lowest BCUT2D eigenvalue weighted by atomic mass is 9.99. The third-order valence-corrected chi connectivity index (χ3v) is 10.1. The van der Waals surface area contributed by atoms with Gasteiger partial charge in [-0.1, -0.05) is 147 Å². The minimum absolute atomic E-state index is 0.288. The Morgan fingerprint density at radius 2 is 0.844 bits per heavy atom. The van der Waals surface area contributed by atoms with Gasteiger partial charge in [0.25, 0.3) is 0 Å². The number of unbranched alkanes of at least 4 members (excludes halogenated alkanes) is 19. The van der Waals surface area contributed by atoms with E-state index in [1.807, 2.05) is 0 Å². The van der Waals surface area contributed by atoms with Gasteiger partial charge in [-0.05, 0) is 77.7 Å². The minimum Gasteiger partial charge on any atom is -0.344 e. The van der Waals surface area contributed by atoms with Gasteiger partial charge in [0.15, 0.2) is 5.79 Å². The average Bonchev–Trinajstić information content (AvgIpc) is 3.39. The van der Waals surface area contributed by atoms with Crippen LogP contribution in [0.2, 0.25) is 0 Å². The molecule has 2 fully saturated rings. The topological polar surface area (TPSA) is 21.7 Å². The smallest absolute Gasteiger partial charge is 0.171 e. The molecule has 2 rings (SSSR count). The quantitative estimate of drug-likeness (QED) is 0.0608. The second-order valence-corrected chi connectivity index (χ2v) is 14.4. The third kappa shape index (κ3) is 20.8. The highest BCUT2D eigenvalue weighted by molar-refractivity contribution is 4.93. The molecule has 0 saturated carbocycles. The van der Waals surface area contributed by atoms with Crippen molar-refractivity contribution >= 4 is 0 Å². The number of nitrogens with zero attached hydrogens (tertiary/aromatic N) is 1. The van der Waals surface area contributed by atoms with Crippen molar-refractivity contribution < 1.29 is 9.47 Å². The van der Waals surface area contributed by atoms with Gasteiger partial charge in [0.1, 0.15) is 0 Å². The maximum absolute atomic E-state index is 6.78. The van der Waals surface area contributed by atoms with Gasteiger partial charge in [0.2, 0.25) is 0 Å². The fourth-order valence-electron chi connectivity index (χ4n) is 6.99. The maximum atomic E-state index is 6.78. The number of ether oxygens (including phenoxy) is 2. The summed E-state index contributed by atoms with van der Waals surface area (Å²) in [6.07, 6.45) is 51.3. The molecule has 1 spiro atoms. The number of hydrogen-bond donors (Lipinski definition) is 0. The standard InChI is InChI=1S/C42H77NO2/c1-4-6-8-10-12-14-16-18-20-22-24-26-28-30-32-34-40-41(45-42(44-40)36-38-43(3)39-37-42)35-33-31-29-27-25-23-21-19-17-15-13-11-9-7-5-2/h12-15,18,20,40-41H,4-11,16-17,19,21-39H2,1-3H3/b14-12-,15-13-,20-18-. The summed E-state index contributed by atoms with van der Waals surface area (Å²) in [4.78, 5) is 2.42. The normalized spacial score (nSPS) is 20.6. The summed E-state index contributed by atoms with van der Waals surface area (Å²) in [7, 11) is 2.23.